The minimum atomic E-state index is -0.392. The van der Waals surface area contributed by atoms with Crippen molar-refractivity contribution in [2.24, 2.45) is 5.92 Å². The van der Waals surface area contributed by atoms with E-state index in [4.69, 9.17) is 4.98 Å². The van der Waals surface area contributed by atoms with Gasteiger partial charge >= 0.3 is 0 Å². The number of amides is 1. The molecule has 1 unspecified atom stereocenters. The maximum Gasteiger partial charge on any atom is 0.273 e. The molecule has 5 rings (SSSR count). The normalized spacial score (nSPS) is 16.1. The first-order valence-corrected chi connectivity index (χ1v) is 12.2. The van der Waals surface area contributed by atoms with Gasteiger partial charge in [0.1, 0.15) is 10.5 Å². The Morgan fingerprint density at radius 1 is 1.21 bits per heavy atom. The van der Waals surface area contributed by atoms with Crippen molar-refractivity contribution < 1.29 is 9.18 Å². The molecule has 1 aliphatic rings. The van der Waals surface area contributed by atoms with Gasteiger partial charge < -0.3 is 10.2 Å². The second-order valence-electron chi connectivity index (χ2n) is 8.71. The van der Waals surface area contributed by atoms with Crippen molar-refractivity contribution in [3.8, 4) is 0 Å². The average molecular weight is 477 g/mol. The van der Waals surface area contributed by atoms with Crippen molar-refractivity contribution >= 4 is 39.1 Å². The Hall–Kier alpha value is -3.52. The molecule has 2 aromatic carbocycles. The van der Waals surface area contributed by atoms with Gasteiger partial charge in [-0.15, -0.1) is 11.3 Å². The summed E-state index contributed by atoms with van der Waals surface area (Å²) in [5.41, 5.74) is 3.23. The van der Waals surface area contributed by atoms with Gasteiger partial charge in [-0.25, -0.2) is 9.37 Å². The van der Waals surface area contributed by atoms with E-state index in [1.54, 1.807) is 16.7 Å². The van der Waals surface area contributed by atoms with Crippen LogP contribution in [0.5, 0.6) is 0 Å². The molecule has 1 saturated heterocycles. The van der Waals surface area contributed by atoms with Crippen LogP contribution in [0.4, 0.5) is 16.0 Å². The smallest absolute Gasteiger partial charge is 0.273 e. The monoisotopic (exact) mass is 476 g/mol. The second kappa shape index (κ2) is 9.38. The largest absolute Gasteiger partial charge is 0.341 e. The van der Waals surface area contributed by atoms with Crippen LogP contribution < -0.4 is 15.8 Å². The van der Waals surface area contributed by atoms with Gasteiger partial charge in [0.15, 0.2) is 0 Å². The van der Waals surface area contributed by atoms with Crippen LogP contribution in [0, 0.1) is 18.7 Å². The Morgan fingerprint density at radius 2 is 2.03 bits per heavy atom. The number of nitrogens with one attached hydrogen (secondary N) is 1. The molecule has 0 saturated carbocycles. The maximum absolute atomic E-state index is 13.5. The van der Waals surface area contributed by atoms with Gasteiger partial charge in [-0.3, -0.25) is 14.2 Å². The van der Waals surface area contributed by atoms with E-state index in [0.29, 0.717) is 41.5 Å². The first kappa shape index (κ1) is 22.3. The molecule has 4 aromatic rings. The van der Waals surface area contributed by atoms with E-state index in [1.165, 1.54) is 23.5 Å². The highest BCUT2D eigenvalue weighted by Crippen LogP contribution is 2.26. The number of piperidine rings is 1. The van der Waals surface area contributed by atoms with E-state index in [0.717, 1.165) is 24.0 Å². The molecule has 0 radical (unpaired) electrons. The first-order chi connectivity index (χ1) is 16.5. The number of halogens is 1. The van der Waals surface area contributed by atoms with Crippen LogP contribution in [0.1, 0.15) is 24.0 Å². The fourth-order valence-electron chi connectivity index (χ4n) is 4.38. The number of aromatic nitrogens is 2. The minimum absolute atomic E-state index is 0.0677. The van der Waals surface area contributed by atoms with Gasteiger partial charge in [-0.05, 0) is 55.0 Å². The molecule has 6 nitrogen and oxygen atoms in total. The molecule has 0 spiro atoms. The summed E-state index contributed by atoms with van der Waals surface area (Å²) in [7, 11) is 0. The van der Waals surface area contributed by atoms with Gasteiger partial charge in [-0.1, -0.05) is 35.9 Å². The predicted octanol–water partition coefficient (Wildman–Crippen LogP) is 4.81. The molecule has 1 fully saturated rings. The number of aryl methyl sites for hydroxylation is 1. The quantitative estimate of drug-likeness (QED) is 0.449. The number of benzene rings is 2. The summed E-state index contributed by atoms with van der Waals surface area (Å²) in [6.45, 7) is 3.59. The van der Waals surface area contributed by atoms with Crippen LogP contribution in [0.25, 0.3) is 10.2 Å². The molecule has 0 aliphatic carbocycles. The highest BCUT2D eigenvalue weighted by atomic mass is 32.1. The van der Waals surface area contributed by atoms with Gasteiger partial charge in [0.05, 0.1) is 18.0 Å². The van der Waals surface area contributed by atoms with Crippen molar-refractivity contribution in [1.82, 2.24) is 9.55 Å². The van der Waals surface area contributed by atoms with E-state index in [9.17, 15) is 14.0 Å². The Bertz CT molecular complexity index is 1400. The minimum Gasteiger partial charge on any atom is -0.341 e. The van der Waals surface area contributed by atoms with Crippen molar-refractivity contribution in [2.45, 2.75) is 26.3 Å². The third-order valence-corrected chi connectivity index (χ3v) is 7.07. The Labute approximate surface area is 200 Å². The molecule has 34 heavy (non-hydrogen) atoms. The number of anilines is 2. The zero-order valence-corrected chi connectivity index (χ0v) is 19.6. The molecule has 8 heteroatoms. The number of nitrogens with zero attached hydrogens (tertiary/aromatic N) is 3. The molecule has 1 aliphatic heterocycles. The van der Waals surface area contributed by atoms with Crippen LogP contribution >= 0.6 is 11.3 Å². The standard InChI is InChI=1S/C26H25FN4O2S/c1-17-7-9-18(10-8-17)15-31-25(33)23-22(11-13-34-23)29-26(31)30-12-3-4-19(16-30)24(32)28-21-6-2-5-20(27)14-21/h2,5-11,13-14,19H,3-4,12,15-16H2,1H3,(H,28,32). The summed E-state index contributed by atoms with van der Waals surface area (Å²) in [6.07, 6.45) is 1.52. The number of carbonyl (C=O) groups is 1. The zero-order chi connectivity index (χ0) is 23.7. The fraction of sp³-hybridized carbons (Fsp3) is 0.269. The molecule has 0 bridgehead atoms. The number of hydrogen-bond donors (Lipinski definition) is 1. The lowest BCUT2D eigenvalue weighted by molar-refractivity contribution is -0.120. The predicted molar refractivity (Wildman–Crippen MR) is 134 cm³/mol. The lowest BCUT2D eigenvalue weighted by Crippen LogP contribution is -2.43. The number of fused-ring (bicyclic) bond motifs is 1. The summed E-state index contributed by atoms with van der Waals surface area (Å²) in [5.74, 6) is -0.254. The van der Waals surface area contributed by atoms with Crippen molar-refractivity contribution in [2.75, 3.05) is 23.3 Å². The second-order valence-corrected chi connectivity index (χ2v) is 9.62. The first-order valence-electron chi connectivity index (χ1n) is 11.3. The highest BCUT2D eigenvalue weighted by molar-refractivity contribution is 7.17. The van der Waals surface area contributed by atoms with Crippen molar-refractivity contribution in [1.29, 1.82) is 0 Å². The molecule has 1 N–H and O–H groups in total. The molecule has 2 aromatic heterocycles. The van der Waals surface area contributed by atoms with Gasteiger partial charge in [0.2, 0.25) is 11.9 Å². The van der Waals surface area contributed by atoms with Crippen molar-refractivity contribution in [3.05, 3.63) is 87.3 Å². The molecule has 3 heterocycles. The van der Waals surface area contributed by atoms with Crippen LogP contribution in [0.15, 0.2) is 64.8 Å². The fourth-order valence-corrected chi connectivity index (χ4v) is 5.15. The van der Waals surface area contributed by atoms with E-state index in [1.807, 2.05) is 47.5 Å². The number of rotatable bonds is 5. The number of thiophene rings is 1. The summed E-state index contributed by atoms with van der Waals surface area (Å²) in [5, 5.41) is 4.71. The highest BCUT2D eigenvalue weighted by Gasteiger charge is 2.29. The molecular formula is C26H25FN4O2S. The van der Waals surface area contributed by atoms with E-state index in [-0.39, 0.29) is 17.4 Å². The van der Waals surface area contributed by atoms with Crippen LogP contribution in [0.2, 0.25) is 0 Å². The summed E-state index contributed by atoms with van der Waals surface area (Å²) in [6, 6.07) is 15.9. The number of hydrogen-bond acceptors (Lipinski definition) is 5. The molecule has 174 valence electrons. The topological polar surface area (TPSA) is 67.2 Å². The van der Waals surface area contributed by atoms with Crippen LogP contribution in [-0.2, 0) is 11.3 Å². The van der Waals surface area contributed by atoms with E-state index in [2.05, 4.69) is 5.32 Å². The average Bonchev–Trinajstić information content (AvgIpc) is 3.31. The number of carbonyl (C=O) groups excluding carboxylic acids is 1. The van der Waals surface area contributed by atoms with Gasteiger partial charge in [-0.2, -0.15) is 0 Å². The third-order valence-electron chi connectivity index (χ3n) is 6.17. The lowest BCUT2D eigenvalue weighted by Gasteiger charge is -2.34. The third kappa shape index (κ3) is 4.59. The summed E-state index contributed by atoms with van der Waals surface area (Å²) >= 11 is 1.40. The summed E-state index contributed by atoms with van der Waals surface area (Å²) < 4.78 is 15.9. The molecule has 1 amide bonds. The molecular weight excluding hydrogens is 451 g/mol. The van der Waals surface area contributed by atoms with Gasteiger partial charge in [0, 0.05) is 18.8 Å². The maximum atomic E-state index is 13.5. The SMILES string of the molecule is Cc1ccc(Cn2c(N3CCCC(C(=O)Nc4cccc(F)c4)C3)nc3ccsc3c2=O)cc1. The zero-order valence-electron chi connectivity index (χ0n) is 18.8. The van der Waals surface area contributed by atoms with Crippen LogP contribution in [0.3, 0.4) is 0 Å². The summed E-state index contributed by atoms with van der Waals surface area (Å²) in [4.78, 5) is 33.2. The van der Waals surface area contributed by atoms with Crippen LogP contribution in [-0.4, -0.2) is 28.5 Å². The van der Waals surface area contributed by atoms with E-state index < -0.39 is 5.82 Å². The Balaban J connectivity index is 1.44. The van der Waals surface area contributed by atoms with Gasteiger partial charge in [0.25, 0.3) is 5.56 Å². The Kier molecular flexibility index (Phi) is 6.15. The lowest BCUT2D eigenvalue weighted by atomic mass is 9.97. The Morgan fingerprint density at radius 3 is 2.82 bits per heavy atom. The van der Waals surface area contributed by atoms with E-state index >= 15 is 0 Å². The molecule has 1 atom stereocenters. The van der Waals surface area contributed by atoms with Crippen molar-refractivity contribution in [3.63, 3.8) is 0 Å².